The summed E-state index contributed by atoms with van der Waals surface area (Å²) in [6, 6.07) is 12.2. The number of carbonyl (C=O) groups is 2. The lowest BCUT2D eigenvalue weighted by atomic mass is 10.2. The van der Waals surface area contributed by atoms with Crippen molar-refractivity contribution in [3.05, 3.63) is 53.9 Å². The normalized spacial score (nSPS) is 14.1. The number of ether oxygens (including phenoxy) is 1. The van der Waals surface area contributed by atoms with Crippen LogP contribution in [0.15, 0.2) is 42.5 Å². The van der Waals surface area contributed by atoms with Gasteiger partial charge in [-0.3, -0.25) is 9.59 Å². The smallest absolute Gasteiger partial charge is 0.274 e. The van der Waals surface area contributed by atoms with Crippen molar-refractivity contribution in [3.63, 3.8) is 0 Å². The topological polar surface area (TPSA) is 80.3 Å². The van der Waals surface area contributed by atoms with Crippen molar-refractivity contribution in [3.8, 4) is 5.75 Å². The average molecular weight is 339 g/mol. The van der Waals surface area contributed by atoms with Crippen LogP contribution in [0.5, 0.6) is 5.75 Å². The number of hydrogen-bond donors (Lipinski definition) is 2. The van der Waals surface area contributed by atoms with Crippen LogP contribution in [0.3, 0.4) is 0 Å². The van der Waals surface area contributed by atoms with Gasteiger partial charge in [-0.1, -0.05) is 31.0 Å². The van der Waals surface area contributed by atoms with Crippen molar-refractivity contribution in [1.29, 1.82) is 0 Å². The molecule has 0 radical (unpaired) electrons. The molecule has 1 saturated carbocycles. The highest BCUT2D eigenvalue weighted by Gasteiger charge is 2.19. The summed E-state index contributed by atoms with van der Waals surface area (Å²) < 4.78 is 5.22. The molecule has 0 bridgehead atoms. The molecular formula is C19H21N3O3. The van der Waals surface area contributed by atoms with Crippen LogP contribution in [-0.2, 0) is 0 Å². The molecule has 1 aliphatic carbocycles. The van der Waals surface area contributed by atoms with Gasteiger partial charge in [-0.2, -0.15) is 0 Å². The molecule has 1 aromatic carbocycles. The van der Waals surface area contributed by atoms with Crippen LogP contribution in [0.2, 0.25) is 0 Å². The third kappa shape index (κ3) is 4.15. The molecule has 0 spiro atoms. The van der Waals surface area contributed by atoms with Crippen molar-refractivity contribution >= 4 is 17.5 Å². The minimum atomic E-state index is -0.389. The van der Waals surface area contributed by atoms with Crippen molar-refractivity contribution in [1.82, 2.24) is 10.3 Å². The van der Waals surface area contributed by atoms with E-state index in [1.165, 1.54) is 7.11 Å². The van der Waals surface area contributed by atoms with E-state index in [4.69, 9.17) is 4.74 Å². The maximum atomic E-state index is 12.4. The summed E-state index contributed by atoms with van der Waals surface area (Å²) in [5.74, 6) is -0.0650. The number of para-hydroxylation sites is 2. The second kappa shape index (κ2) is 7.79. The fourth-order valence-electron chi connectivity index (χ4n) is 2.95. The first-order valence-electron chi connectivity index (χ1n) is 8.39. The largest absolute Gasteiger partial charge is 0.495 e. The first-order valence-corrected chi connectivity index (χ1v) is 8.39. The van der Waals surface area contributed by atoms with Crippen molar-refractivity contribution in [2.24, 2.45) is 0 Å². The van der Waals surface area contributed by atoms with Gasteiger partial charge in [0.15, 0.2) is 0 Å². The Morgan fingerprint density at radius 1 is 1.00 bits per heavy atom. The van der Waals surface area contributed by atoms with Crippen LogP contribution in [0, 0.1) is 0 Å². The summed E-state index contributed by atoms with van der Waals surface area (Å²) in [6.45, 7) is 0. The minimum Gasteiger partial charge on any atom is -0.495 e. The van der Waals surface area contributed by atoms with Gasteiger partial charge in [0.05, 0.1) is 12.8 Å². The second-order valence-corrected chi connectivity index (χ2v) is 6.02. The molecule has 6 heteroatoms. The monoisotopic (exact) mass is 339 g/mol. The lowest BCUT2D eigenvalue weighted by Crippen LogP contribution is -2.33. The van der Waals surface area contributed by atoms with Crippen LogP contribution < -0.4 is 15.4 Å². The van der Waals surface area contributed by atoms with E-state index < -0.39 is 0 Å². The fraction of sp³-hybridized carbons (Fsp3) is 0.316. The van der Waals surface area contributed by atoms with E-state index >= 15 is 0 Å². The molecule has 0 unspecified atom stereocenters. The molecule has 1 heterocycles. The zero-order valence-corrected chi connectivity index (χ0v) is 14.1. The molecule has 2 aromatic rings. The molecule has 3 rings (SSSR count). The lowest BCUT2D eigenvalue weighted by molar-refractivity contribution is 0.0932. The summed E-state index contributed by atoms with van der Waals surface area (Å²) in [5, 5.41) is 5.73. The number of aromatic nitrogens is 1. The number of rotatable bonds is 5. The molecule has 0 aliphatic heterocycles. The number of methoxy groups -OCH3 is 1. The van der Waals surface area contributed by atoms with Crippen LogP contribution in [0.25, 0.3) is 0 Å². The Balaban J connectivity index is 1.71. The number of nitrogens with zero attached hydrogens (tertiary/aromatic N) is 1. The highest BCUT2D eigenvalue weighted by atomic mass is 16.5. The van der Waals surface area contributed by atoms with Gasteiger partial charge in [0.1, 0.15) is 17.1 Å². The van der Waals surface area contributed by atoms with Gasteiger partial charge in [-0.05, 0) is 37.1 Å². The van der Waals surface area contributed by atoms with E-state index in [2.05, 4.69) is 15.6 Å². The van der Waals surface area contributed by atoms with E-state index in [-0.39, 0.29) is 29.2 Å². The van der Waals surface area contributed by atoms with Gasteiger partial charge >= 0.3 is 0 Å². The summed E-state index contributed by atoms with van der Waals surface area (Å²) in [5.41, 5.74) is 0.988. The molecule has 1 aromatic heterocycles. The molecule has 6 nitrogen and oxygen atoms in total. The predicted octanol–water partition coefficient (Wildman–Crippen LogP) is 3.01. The third-order valence-electron chi connectivity index (χ3n) is 4.26. The Hall–Kier alpha value is -2.89. The highest BCUT2D eigenvalue weighted by molar-refractivity contribution is 6.04. The second-order valence-electron chi connectivity index (χ2n) is 6.02. The molecule has 0 atom stereocenters. The number of amides is 2. The van der Waals surface area contributed by atoms with Gasteiger partial charge < -0.3 is 15.4 Å². The predicted molar refractivity (Wildman–Crippen MR) is 94.9 cm³/mol. The summed E-state index contributed by atoms with van der Waals surface area (Å²) in [4.78, 5) is 29.0. The Morgan fingerprint density at radius 2 is 1.68 bits per heavy atom. The molecule has 1 fully saturated rings. The standard InChI is InChI=1S/C19H21N3O3/c1-25-17-12-5-4-9-14(17)22-19(24)16-11-6-10-15(21-16)18(23)20-13-7-2-3-8-13/h4-6,9-13H,2-3,7-8H2,1H3,(H,20,23)(H,22,24). The van der Waals surface area contributed by atoms with E-state index in [1.807, 2.05) is 6.07 Å². The van der Waals surface area contributed by atoms with Crippen LogP contribution in [-0.4, -0.2) is 29.9 Å². The molecular weight excluding hydrogens is 318 g/mol. The van der Waals surface area contributed by atoms with Crippen molar-refractivity contribution < 1.29 is 14.3 Å². The number of anilines is 1. The van der Waals surface area contributed by atoms with Crippen LogP contribution in [0.4, 0.5) is 5.69 Å². The van der Waals surface area contributed by atoms with E-state index in [1.54, 1.807) is 36.4 Å². The quantitative estimate of drug-likeness (QED) is 0.877. The first kappa shape index (κ1) is 17.0. The highest BCUT2D eigenvalue weighted by Crippen LogP contribution is 2.23. The fourth-order valence-corrected chi connectivity index (χ4v) is 2.95. The molecule has 0 saturated heterocycles. The lowest BCUT2D eigenvalue weighted by Gasteiger charge is -2.12. The number of nitrogens with one attached hydrogen (secondary N) is 2. The van der Waals surface area contributed by atoms with E-state index in [9.17, 15) is 9.59 Å². The van der Waals surface area contributed by atoms with Gasteiger partial charge in [-0.15, -0.1) is 0 Å². The van der Waals surface area contributed by atoms with Gasteiger partial charge in [-0.25, -0.2) is 4.98 Å². The zero-order chi connectivity index (χ0) is 17.6. The Labute approximate surface area is 146 Å². The summed E-state index contributed by atoms with van der Waals surface area (Å²) in [7, 11) is 1.54. The molecule has 130 valence electrons. The number of hydrogen-bond acceptors (Lipinski definition) is 4. The van der Waals surface area contributed by atoms with E-state index in [0.717, 1.165) is 25.7 Å². The SMILES string of the molecule is COc1ccccc1NC(=O)c1cccc(C(=O)NC2CCCC2)n1. The van der Waals surface area contributed by atoms with Crippen molar-refractivity contribution in [2.45, 2.75) is 31.7 Å². The van der Waals surface area contributed by atoms with Crippen LogP contribution >= 0.6 is 0 Å². The summed E-state index contributed by atoms with van der Waals surface area (Å²) >= 11 is 0. The Bertz CT molecular complexity index is 770. The van der Waals surface area contributed by atoms with Gasteiger partial charge in [0.2, 0.25) is 0 Å². The number of benzene rings is 1. The maximum absolute atomic E-state index is 12.4. The first-order chi connectivity index (χ1) is 12.2. The van der Waals surface area contributed by atoms with Gasteiger partial charge in [0.25, 0.3) is 11.8 Å². The summed E-state index contributed by atoms with van der Waals surface area (Å²) in [6.07, 6.45) is 4.28. The molecule has 2 amide bonds. The maximum Gasteiger partial charge on any atom is 0.274 e. The number of carbonyl (C=O) groups excluding carboxylic acids is 2. The average Bonchev–Trinajstić information content (AvgIpc) is 3.15. The van der Waals surface area contributed by atoms with E-state index in [0.29, 0.717) is 11.4 Å². The van der Waals surface area contributed by atoms with Crippen LogP contribution in [0.1, 0.15) is 46.7 Å². The molecule has 25 heavy (non-hydrogen) atoms. The number of pyridine rings is 1. The van der Waals surface area contributed by atoms with Crippen molar-refractivity contribution in [2.75, 3.05) is 12.4 Å². The zero-order valence-electron chi connectivity index (χ0n) is 14.1. The molecule has 2 N–H and O–H groups in total. The third-order valence-corrected chi connectivity index (χ3v) is 4.26. The van der Waals surface area contributed by atoms with Gasteiger partial charge in [0, 0.05) is 6.04 Å². The molecule has 1 aliphatic rings. The Morgan fingerprint density at radius 3 is 2.40 bits per heavy atom. The minimum absolute atomic E-state index is 0.185. The Kier molecular flexibility index (Phi) is 5.28.